The molecule has 0 spiro atoms. The van der Waals surface area contributed by atoms with Gasteiger partial charge in [0.05, 0.1) is 5.60 Å². The van der Waals surface area contributed by atoms with E-state index in [1.165, 1.54) is 0 Å². The number of benzene rings is 1. The van der Waals surface area contributed by atoms with Gasteiger partial charge in [-0.05, 0) is 51.0 Å². The normalized spacial score (nSPS) is 16.4. The third-order valence-electron chi connectivity index (χ3n) is 4.23. The smallest absolute Gasteiger partial charge is 0.253 e. The Labute approximate surface area is 137 Å². The summed E-state index contributed by atoms with van der Waals surface area (Å²) in [6.07, 6.45) is 3.52. The van der Waals surface area contributed by atoms with Crippen LogP contribution in [-0.2, 0) is 0 Å². The van der Waals surface area contributed by atoms with Gasteiger partial charge in [-0.1, -0.05) is 12.8 Å². The van der Waals surface area contributed by atoms with Crippen LogP contribution in [0.15, 0.2) is 24.3 Å². The van der Waals surface area contributed by atoms with Crippen molar-refractivity contribution < 1.29 is 14.7 Å². The molecule has 0 heterocycles. The van der Waals surface area contributed by atoms with Gasteiger partial charge in [-0.15, -0.1) is 0 Å². The number of nitrogens with one attached hydrogen (secondary N) is 1. The topological polar surface area (TPSA) is 69.6 Å². The van der Waals surface area contributed by atoms with Crippen LogP contribution < -0.4 is 5.32 Å². The molecule has 1 aromatic carbocycles. The molecule has 1 aliphatic rings. The molecule has 0 aromatic heterocycles. The molecular formula is C18H26N2O3. The van der Waals surface area contributed by atoms with Crippen LogP contribution in [0.2, 0.25) is 0 Å². The highest BCUT2D eigenvalue weighted by molar-refractivity contribution is 5.97. The SMILES string of the molecule is CC(C)NC(=O)c1ccc(C(=O)N(C)CC2(O)CCCC2)cc1. The molecule has 1 aromatic rings. The molecule has 0 bridgehead atoms. The number of likely N-dealkylation sites (N-methyl/N-ethyl adjacent to an activating group) is 1. The van der Waals surface area contributed by atoms with Gasteiger partial charge in [-0.2, -0.15) is 0 Å². The summed E-state index contributed by atoms with van der Waals surface area (Å²) in [6, 6.07) is 6.70. The van der Waals surface area contributed by atoms with Crippen molar-refractivity contribution in [2.24, 2.45) is 0 Å². The zero-order valence-electron chi connectivity index (χ0n) is 14.1. The summed E-state index contributed by atoms with van der Waals surface area (Å²) in [5.41, 5.74) is 0.309. The fourth-order valence-electron chi connectivity index (χ4n) is 3.03. The minimum absolute atomic E-state index is 0.0714. The molecule has 2 rings (SSSR count). The van der Waals surface area contributed by atoms with E-state index in [0.29, 0.717) is 17.7 Å². The standard InChI is InChI=1S/C18H26N2O3/c1-13(2)19-16(21)14-6-8-15(9-7-14)17(22)20(3)12-18(23)10-4-5-11-18/h6-9,13,23H,4-5,10-12H2,1-3H3,(H,19,21). The third kappa shape index (κ3) is 4.55. The van der Waals surface area contributed by atoms with Crippen LogP contribution in [-0.4, -0.2) is 47.1 Å². The van der Waals surface area contributed by atoms with Gasteiger partial charge in [0, 0.05) is 30.8 Å². The Morgan fingerprint density at radius 2 is 1.70 bits per heavy atom. The Kier molecular flexibility index (Phi) is 5.42. The summed E-state index contributed by atoms with van der Waals surface area (Å²) < 4.78 is 0. The van der Waals surface area contributed by atoms with Crippen LogP contribution in [0.25, 0.3) is 0 Å². The molecule has 0 atom stereocenters. The number of aliphatic hydroxyl groups is 1. The molecule has 1 fully saturated rings. The van der Waals surface area contributed by atoms with Gasteiger partial charge in [0.25, 0.3) is 11.8 Å². The van der Waals surface area contributed by atoms with Gasteiger partial charge in [-0.25, -0.2) is 0 Å². The quantitative estimate of drug-likeness (QED) is 0.874. The number of amides is 2. The first kappa shape index (κ1) is 17.5. The van der Waals surface area contributed by atoms with Gasteiger partial charge in [0.2, 0.25) is 0 Å². The minimum atomic E-state index is -0.749. The van der Waals surface area contributed by atoms with Crippen molar-refractivity contribution in [2.75, 3.05) is 13.6 Å². The Hall–Kier alpha value is -1.88. The maximum Gasteiger partial charge on any atom is 0.253 e. The zero-order valence-corrected chi connectivity index (χ0v) is 14.1. The first-order valence-electron chi connectivity index (χ1n) is 8.19. The maximum atomic E-state index is 12.4. The van der Waals surface area contributed by atoms with Crippen molar-refractivity contribution in [1.82, 2.24) is 10.2 Å². The second-order valence-electron chi connectivity index (χ2n) is 6.80. The summed E-state index contributed by atoms with van der Waals surface area (Å²) in [4.78, 5) is 25.9. The summed E-state index contributed by atoms with van der Waals surface area (Å²) in [6.45, 7) is 4.15. The predicted octanol–water partition coefficient (Wildman–Crippen LogP) is 2.20. The van der Waals surface area contributed by atoms with Crippen LogP contribution in [0.1, 0.15) is 60.2 Å². The molecule has 2 amide bonds. The lowest BCUT2D eigenvalue weighted by atomic mass is 10.0. The number of carbonyl (C=O) groups is 2. The number of carbonyl (C=O) groups excluding carboxylic acids is 2. The lowest BCUT2D eigenvalue weighted by molar-refractivity contribution is 0.0157. The van der Waals surface area contributed by atoms with E-state index >= 15 is 0 Å². The van der Waals surface area contributed by atoms with Crippen LogP contribution >= 0.6 is 0 Å². The van der Waals surface area contributed by atoms with Gasteiger partial charge in [-0.3, -0.25) is 9.59 Å². The van der Waals surface area contributed by atoms with E-state index in [0.717, 1.165) is 25.7 Å². The molecule has 126 valence electrons. The van der Waals surface area contributed by atoms with Crippen molar-refractivity contribution in [1.29, 1.82) is 0 Å². The highest BCUT2D eigenvalue weighted by Crippen LogP contribution is 2.30. The van der Waals surface area contributed by atoms with E-state index in [2.05, 4.69) is 5.32 Å². The van der Waals surface area contributed by atoms with Gasteiger partial charge >= 0.3 is 0 Å². The minimum Gasteiger partial charge on any atom is -0.388 e. The van der Waals surface area contributed by atoms with Crippen molar-refractivity contribution >= 4 is 11.8 Å². The molecule has 0 aliphatic heterocycles. The fraction of sp³-hybridized carbons (Fsp3) is 0.556. The third-order valence-corrected chi connectivity index (χ3v) is 4.23. The summed E-state index contributed by atoms with van der Waals surface area (Å²) >= 11 is 0. The fourth-order valence-corrected chi connectivity index (χ4v) is 3.03. The van der Waals surface area contributed by atoms with E-state index in [4.69, 9.17) is 0 Å². The number of hydrogen-bond donors (Lipinski definition) is 2. The summed E-state index contributed by atoms with van der Waals surface area (Å²) in [5.74, 6) is -0.284. The van der Waals surface area contributed by atoms with E-state index in [1.54, 1.807) is 36.2 Å². The van der Waals surface area contributed by atoms with Crippen molar-refractivity contribution in [3.05, 3.63) is 35.4 Å². The second kappa shape index (κ2) is 7.13. The molecule has 2 N–H and O–H groups in total. The average molecular weight is 318 g/mol. The Bertz CT molecular complexity index is 560. The largest absolute Gasteiger partial charge is 0.388 e. The highest BCUT2D eigenvalue weighted by Gasteiger charge is 2.33. The molecule has 0 unspecified atom stereocenters. The van der Waals surface area contributed by atoms with E-state index in [-0.39, 0.29) is 17.9 Å². The lowest BCUT2D eigenvalue weighted by Gasteiger charge is -2.28. The van der Waals surface area contributed by atoms with Crippen LogP contribution in [0.5, 0.6) is 0 Å². The molecule has 5 heteroatoms. The summed E-state index contributed by atoms with van der Waals surface area (Å²) in [5, 5.41) is 13.2. The van der Waals surface area contributed by atoms with Crippen LogP contribution in [0.4, 0.5) is 0 Å². The van der Waals surface area contributed by atoms with Crippen molar-refractivity contribution in [3.63, 3.8) is 0 Å². The average Bonchev–Trinajstić information content (AvgIpc) is 2.92. The molecule has 1 aliphatic carbocycles. The molecule has 0 radical (unpaired) electrons. The molecular weight excluding hydrogens is 292 g/mol. The molecule has 0 saturated heterocycles. The zero-order chi connectivity index (χ0) is 17.0. The molecule has 5 nitrogen and oxygen atoms in total. The van der Waals surface area contributed by atoms with Crippen LogP contribution in [0.3, 0.4) is 0 Å². The van der Waals surface area contributed by atoms with Gasteiger partial charge in [0.1, 0.15) is 0 Å². The Morgan fingerprint density at radius 1 is 1.17 bits per heavy atom. The van der Waals surface area contributed by atoms with Crippen molar-refractivity contribution in [3.8, 4) is 0 Å². The molecule has 1 saturated carbocycles. The number of nitrogens with zero attached hydrogens (tertiary/aromatic N) is 1. The highest BCUT2D eigenvalue weighted by atomic mass is 16.3. The van der Waals surface area contributed by atoms with Gasteiger partial charge < -0.3 is 15.3 Å². The lowest BCUT2D eigenvalue weighted by Crippen LogP contribution is -2.42. The Morgan fingerprint density at radius 3 is 2.22 bits per heavy atom. The Balaban J connectivity index is 2.00. The monoisotopic (exact) mass is 318 g/mol. The first-order valence-corrected chi connectivity index (χ1v) is 8.19. The summed E-state index contributed by atoms with van der Waals surface area (Å²) in [7, 11) is 1.71. The number of rotatable bonds is 5. The van der Waals surface area contributed by atoms with Crippen LogP contribution in [0, 0.1) is 0 Å². The predicted molar refractivity (Wildman–Crippen MR) is 89.4 cm³/mol. The van der Waals surface area contributed by atoms with Crippen molar-refractivity contribution in [2.45, 2.75) is 51.2 Å². The van der Waals surface area contributed by atoms with E-state index < -0.39 is 5.60 Å². The van der Waals surface area contributed by atoms with E-state index in [9.17, 15) is 14.7 Å². The van der Waals surface area contributed by atoms with E-state index in [1.807, 2.05) is 13.8 Å². The first-order chi connectivity index (χ1) is 10.8. The number of hydrogen-bond acceptors (Lipinski definition) is 3. The van der Waals surface area contributed by atoms with Gasteiger partial charge in [0.15, 0.2) is 0 Å². The molecule has 23 heavy (non-hydrogen) atoms. The second-order valence-corrected chi connectivity index (χ2v) is 6.80. The maximum absolute atomic E-state index is 12.4.